The van der Waals surface area contributed by atoms with E-state index in [4.69, 9.17) is 11.5 Å². The summed E-state index contributed by atoms with van der Waals surface area (Å²) in [5.74, 6) is -2.21. The fourth-order valence-corrected chi connectivity index (χ4v) is 4.95. The lowest BCUT2D eigenvalue weighted by Crippen LogP contribution is -2.56. The number of nitrogens with one attached hydrogen (secondary N) is 2. The van der Waals surface area contributed by atoms with Crippen LogP contribution in [0.5, 0.6) is 5.75 Å². The van der Waals surface area contributed by atoms with Crippen LogP contribution < -0.4 is 22.1 Å². The lowest BCUT2D eigenvalue weighted by molar-refractivity contribution is -0.137. The van der Waals surface area contributed by atoms with E-state index in [9.17, 15) is 24.3 Å². The number of nitrogens with zero attached hydrogens (tertiary/aromatic N) is 1. The second-order valence-corrected chi connectivity index (χ2v) is 10.8. The van der Waals surface area contributed by atoms with E-state index in [1.807, 2.05) is 72.8 Å². The van der Waals surface area contributed by atoms with Gasteiger partial charge >= 0.3 is 0 Å². The maximum Gasteiger partial charge on any atom is 0.243 e. The number of fused-ring (bicyclic) bond motifs is 1. The molecule has 0 bridgehead atoms. The molecule has 0 saturated heterocycles. The van der Waals surface area contributed by atoms with Crippen LogP contribution in [0, 0.1) is 0 Å². The number of likely N-dealkylation sites (N-methyl/N-ethyl adjacent to an activating group) is 1. The largest absolute Gasteiger partial charge is 0.508 e. The van der Waals surface area contributed by atoms with Gasteiger partial charge in [0.2, 0.25) is 23.6 Å². The monoisotopic (exact) mass is 595 g/mol. The molecule has 3 atom stereocenters. The van der Waals surface area contributed by atoms with E-state index in [-0.39, 0.29) is 31.6 Å². The Morgan fingerprint density at radius 1 is 0.727 bits per heavy atom. The molecule has 228 valence electrons. The van der Waals surface area contributed by atoms with Crippen molar-refractivity contribution in [2.75, 3.05) is 13.6 Å². The number of phenolic OH excluding ortho intramolecular Hbond substituents is 1. The molecular weight excluding hydrogens is 558 g/mol. The van der Waals surface area contributed by atoms with Crippen molar-refractivity contribution in [2.24, 2.45) is 11.5 Å². The van der Waals surface area contributed by atoms with E-state index in [1.54, 1.807) is 12.1 Å². The first-order chi connectivity index (χ1) is 21.1. The number of amides is 4. The molecule has 0 radical (unpaired) electrons. The van der Waals surface area contributed by atoms with Crippen LogP contribution in [0.4, 0.5) is 0 Å². The van der Waals surface area contributed by atoms with E-state index in [0.29, 0.717) is 0 Å². The van der Waals surface area contributed by atoms with Gasteiger partial charge in [-0.2, -0.15) is 0 Å². The third kappa shape index (κ3) is 8.89. The molecular formula is C34H37N5O5. The van der Waals surface area contributed by atoms with Gasteiger partial charge in [-0.15, -0.1) is 0 Å². The van der Waals surface area contributed by atoms with Gasteiger partial charge in [0, 0.05) is 19.9 Å². The molecule has 4 aromatic rings. The number of nitrogens with two attached hydrogens (primary N) is 2. The fraction of sp³-hybridized carbons (Fsp3) is 0.235. The van der Waals surface area contributed by atoms with Crippen LogP contribution in [-0.2, 0) is 38.4 Å². The molecule has 4 aromatic carbocycles. The highest BCUT2D eigenvalue weighted by Crippen LogP contribution is 2.17. The molecule has 0 unspecified atom stereocenters. The second-order valence-electron chi connectivity index (χ2n) is 10.8. The number of rotatable bonds is 13. The lowest BCUT2D eigenvalue weighted by atomic mass is 10.00. The van der Waals surface area contributed by atoms with Crippen molar-refractivity contribution >= 4 is 34.4 Å². The van der Waals surface area contributed by atoms with Crippen LogP contribution in [0.3, 0.4) is 0 Å². The summed E-state index contributed by atoms with van der Waals surface area (Å²) in [6.45, 7) is -0.336. The molecule has 4 amide bonds. The van der Waals surface area contributed by atoms with Crippen LogP contribution in [0.15, 0.2) is 97.1 Å². The highest BCUT2D eigenvalue weighted by molar-refractivity contribution is 5.93. The van der Waals surface area contributed by atoms with Crippen molar-refractivity contribution in [1.82, 2.24) is 15.5 Å². The molecule has 44 heavy (non-hydrogen) atoms. The standard InChI is InChI=1S/C34H37N5O5/c1-39(34(44)28(35)18-23-12-15-27(40)16-13-23)21-31(41)37-30(19-22-7-3-2-4-8-22)33(43)38-29(32(36)42)20-24-11-14-25-9-5-6-10-26(25)17-24/h2-17,28-30,40H,18-21,35H2,1H3,(H2,36,42)(H,37,41)(H,38,43)/t28-,29+,30-/m0/s1. The summed E-state index contributed by atoms with van der Waals surface area (Å²) in [5, 5.41) is 16.9. The van der Waals surface area contributed by atoms with Gasteiger partial charge in [0.05, 0.1) is 12.6 Å². The highest BCUT2D eigenvalue weighted by Gasteiger charge is 2.28. The SMILES string of the molecule is CN(CC(=O)N[C@@H](Cc1ccccc1)C(=O)N[C@H](Cc1ccc2ccccc2c1)C(N)=O)C(=O)[C@@H](N)Cc1ccc(O)cc1. The Morgan fingerprint density at radius 3 is 2.00 bits per heavy atom. The molecule has 10 heteroatoms. The summed E-state index contributed by atoms with van der Waals surface area (Å²) in [4.78, 5) is 53.0. The minimum Gasteiger partial charge on any atom is -0.508 e. The molecule has 0 aliphatic heterocycles. The molecule has 10 nitrogen and oxygen atoms in total. The topological polar surface area (TPSA) is 168 Å². The van der Waals surface area contributed by atoms with E-state index in [2.05, 4.69) is 10.6 Å². The summed E-state index contributed by atoms with van der Waals surface area (Å²) < 4.78 is 0. The number of primary amides is 1. The number of benzene rings is 4. The number of aromatic hydroxyl groups is 1. The molecule has 0 saturated carbocycles. The maximum atomic E-state index is 13.5. The van der Waals surface area contributed by atoms with E-state index >= 15 is 0 Å². The maximum absolute atomic E-state index is 13.5. The summed E-state index contributed by atoms with van der Waals surface area (Å²) >= 11 is 0. The van der Waals surface area contributed by atoms with Crippen molar-refractivity contribution < 1.29 is 24.3 Å². The van der Waals surface area contributed by atoms with Gasteiger partial charge in [-0.25, -0.2) is 0 Å². The van der Waals surface area contributed by atoms with Gasteiger partial charge in [0.1, 0.15) is 17.8 Å². The first-order valence-electron chi connectivity index (χ1n) is 14.3. The number of phenols is 1. The Bertz CT molecular complexity index is 1610. The van der Waals surface area contributed by atoms with E-state index in [0.717, 1.165) is 27.5 Å². The van der Waals surface area contributed by atoms with Crippen LogP contribution in [0.1, 0.15) is 16.7 Å². The third-order valence-electron chi connectivity index (χ3n) is 7.31. The normalized spacial score (nSPS) is 13.0. The average molecular weight is 596 g/mol. The summed E-state index contributed by atoms with van der Waals surface area (Å²) in [6.07, 6.45) is 0.543. The minimum absolute atomic E-state index is 0.104. The fourth-order valence-electron chi connectivity index (χ4n) is 4.95. The van der Waals surface area contributed by atoms with E-state index < -0.39 is 41.8 Å². The van der Waals surface area contributed by atoms with Crippen molar-refractivity contribution in [2.45, 2.75) is 37.4 Å². The van der Waals surface area contributed by atoms with Crippen LogP contribution in [0.25, 0.3) is 10.8 Å². The van der Waals surface area contributed by atoms with Crippen LogP contribution >= 0.6 is 0 Å². The van der Waals surface area contributed by atoms with Gasteiger partial charge in [-0.05, 0) is 46.0 Å². The Kier molecular flexibility index (Phi) is 10.7. The quantitative estimate of drug-likeness (QED) is 0.158. The van der Waals surface area contributed by atoms with Crippen molar-refractivity contribution in [1.29, 1.82) is 0 Å². The zero-order valence-electron chi connectivity index (χ0n) is 24.5. The zero-order chi connectivity index (χ0) is 31.6. The Labute approximate surface area is 256 Å². The summed E-state index contributed by atoms with van der Waals surface area (Å²) in [7, 11) is 1.46. The zero-order valence-corrected chi connectivity index (χ0v) is 24.5. The second kappa shape index (κ2) is 14.8. The first-order valence-corrected chi connectivity index (χ1v) is 14.3. The van der Waals surface area contributed by atoms with E-state index in [1.165, 1.54) is 24.1 Å². The smallest absolute Gasteiger partial charge is 0.243 e. The molecule has 0 heterocycles. The van der Waals surface area contributed by atoms with Gasteiger partial charge in [-0.3, -0.25) is 19.2 Å². The van der Waals surface area contributed by atoms with Gasteiger partial charge in [0.15, 0.2) is 0 Å². The van der Waals surface area contributed by atoms with Crippen LogP contribution in [-0.4, -0.2) is 65.4 Å². The number of hydrogen-bond acceptors (Lipinski definition) is 6. The highest BCUT2D eigenvalue weighted by atomic mass is 16.3. The Morgan fingerprint density at radius 2 is 1.32 bits per heavy atom. The first kappa shape index (κ1) is 31.7. The predicted molar refractivity (Wildman–Crippen MR) is 168 cm³/mol. The van der Waals surface area contributed by atoms with Crippen molar-refractivity contribution in [3.63, 3.8) is 0 Å². The third-order valence-corrected chi connectivity index (χ3v) is 7.31. The van der Waals surface area contributed by atoms with Gasteiger partial charge in [0.25, 0.3) is 0 Å². The molecule has 0 fully saturated rings. The van der Waals surface area contributed by atoms with Crippen molar-refractivity contribution in [3.8, 4) is 5.75 Å². The molecule has 0 spiro atoms. The molecule has 0 aromatic heterocycles. The predicted octanol–water partition coefficient (Wildman–Crippen LogP) is 1.81. The molecule has 7 N–H and O–H groups in total. The minimum atomic E-state index is -1.04. The Hall–Kier alpha value is -5.22. The van der Waals surface area contributed by atoms with Gasteiger partial charge < -0.3 is 32.1 Å². The van der Waals surface area contributed by atoms with Crippen molar-refractivity contribution in [3.05, 3.63) is 114 Å². The summed E-state index contributed by atoms with van der Waals surface area (Å²) in [6, 6.07) is 26.1. The molecule has 0 aliphatic rings. The number of carbonyl (C=O) groups excluding carboxylic acids is 4. The number of hydrogen-bond donors (Lipinski definition) is 5. The molecule has 4 rings (SSSR count). The molecule has 0 aliphatic carbocycles. The Balaban J connectivity index is 1.42. The lowest BCUT2D eigenvalue weighted by Gasteiger charge is -2.25. The van der Waals surface area contributed by atoms with Crippen LogP contribution in [0.2, 0.25) is 0 Å². The summed E-state index contributed by atoms with van der Waals surface area (Å²) in [5.41, 5.74) is 14.1. The number of carbonyl (C=O) groups is 4. The average Bonchev–Trinajstić information content (AvgIpc) is 3.01. The van der Waals surface area contributed by atoms with Gasteiger partial charge in [-0.1, -0.05) is 84.9 Å².